The Morgan fingerprint density at radius 1 is 0.920 bits per heavy atom. The zero-order chi connectivity index (χ0) is 18.1. The maximum Gasteiger partial charge on any atom is 0.335 e. The molecular formula is C21H28O4. The number of carbonyl (C=O) groups excluding carboxylic acids is 2. The van der Waals surface area contributed by atoms with Crippen LogP contribution in [0.25, 0.3) is 6.08 Å². The van der Waals surface area contributed by atoms with Crippen molar-refractivity contribution in [3.05, 3.63) is 41.0 Å². The second-order valence-electron chi connectivity index (χ2n) is 6.38. The van der Waals surface area contributed by atoms with Crippen LogP contribution in [-0.2, 0) is 19.1 Å². The Morgan fingerprint density at radius 2 is 1.56 bits per heavy atom. The Morgan fingerprint density at radius 3 is 2.24 bits per heavy atom. The van der Waals surface area contributed by atoms with E-state index in [0.717, 1.165) is 49.7 Å². The highest BCUT2D eigenvalue weighted by Gasteiger charge is 2.37. The molecule has 0 amide bonds. The molecule has 0 heterocycles. The van der Waals surface area contributed by atoms with Crippen molar-refractivity contribution in [2.45, 2.75) is 58.3 Å². The van der Waals surface area contributed by atoms with E-state index in [0.29, 0.717) is 18.8 Å². The van der Waals surface area contributed by atoms with E-state index < -0.39 is 11.9 Å². The molecule has 2 rings (SSSR count). The fourth-order valence-electron chi connectivity index (χ4n) is 2.96. The summed E-state index contributed by atoms with van der Waals surface area (Å²) >= 11 is 0. The van der Waals surface area contributed by atoms with Gasteiger partial charge in [0, 0.05) is 0 Å². The predicted octanol–water partition coefficient (Wildman–Crippen LogP) is 4.63. The molecule has 0 spiro atoms. The van der Waals surface area contributed by atoms with Crippen molar-refractivity contribution in [1.82, 2.24) is 0 Å². The highest BCUT2D eigenvalue weighted by Crippen LogP contribution is 2.37. The summed E-state index contributed by atoms with van der Waals surface area (Å²) in [5.41, 5.74) is 2.10. The molecule has 1 aliphatic carbocycles. The number of benzene rings is 1. The molecule has 0 aromatic heterocycles. The number of unbranched alkanes of at least 4 members (excludes halogenated alkanes) is 4. The fraction of sp³-hybridized carbons (Fsp3) is 0.524. The van der Waals surface area contributed by atoms with Gasteiger partial charge in [-0.15, -0.1) is 0 Å². The van der Waals surface area contributed by atoms with Crippen LogP contribution in [0.5, 0.6) is 0 Å². The molecule has 0 saturated heterocycles. The quantitative estimate of drug-likeness (QED) is 0.458. The fourth-order valence-corrected chi connectivity index (χ4v) is 2.96. The van der Waals surface area contributed by atoms with Crippen LogP contribution in [0.3, 0.4) is 0 Å². The molecule has 136 valence electrons. The summed E-state index contributed by atoms with van der Waals surface area (Å²) in [5, 5.41) is 0. The van der Waals surface area contributed by atoms with Crippen molar-refractivity contribution in [1.29, 1.82) is 0 Å². The molecule has 4 nitrogen and oxygen atoms in total. The Labute approximate surface area is 150 Å². The first-order chi connectivity index (χ1) is 12.2. The standard InChI is InChI=1S/C21H28O4/c1-3-5-9-13-24-20(22)18-15-16-11-7-8-12-17(16)19(18)21(23)25-14-10-6-4-2/h7-8,11-12,15,19H,3-6,9-10,13-14H2,1-2H3. The van der Waals surface area contributed by atoms with E-state index in [1.807, 2.05) is 24.3 Å². The minimum atomic E-state index is -0.670. The second kappa shape index (κ2) is 10.0. The van der Waals surface area contributed by atoms with Crippen LogP contribution in [0.2, 0.25) is 0 Å². The number of esters is 2. The van der Waals surface area contributed by atoms with Crippen LogP contribution >= 0.6 is 0 Å². The van der Waals surface area contributed by atoms with E-state index in [1.54, 1.807) is 6.08 Å². The van der Waals surface area contributed by atoms with Crippen molar-refractivity contribution in [3.63, 3.8) is 0 Å². The monoisotopic (exact) mass is 344 g/mol. The van der Waals surface area contributed by atoms with E-state index in [-0.39, 0.29) is 5.97 Å². The largest absolute Gasteiger partial charge is 0.465 e. The molecule has 0 aliphatic heterocycles. The molecule has 0 radical (unpaired) electrons. The molecule has 1 atom stereocenters. The van der Waals surface area contributed by atoms with Gasteiger partial charge in [-0.25, -0.2) is 4.79 Å². The third-order valence-corrected chi connectivity index (χ3v) is 4.37. The third-order valence-electron chi connectivity index (χ3n) is 4.37. The van der Waals surface area contributed by atoms with Gasteiger partial charge in [-0.1, -0.05) is 63.8 Å². The maximum absolute atomic E-state index is 12.6. The van der Waals surface area contributed by atoms with E-state index in [4.69, 9.17) is 9.47 Å². The highest BCUT2D eigenvalue weighted by atomic mass is 16.5. The molecule has 1 aliphatic rings. The van der Waals surface area contributed by atoms with Gasteiger partial charge in [-0.2, -0.15) is 0 Å². The Hall–Kier alpha value is -2.10. The number of hydrogen-bond acceptors (Lipinski definition) is 4. The van der Waals surface area contributed by atoms with Gasteiger partial charge in [-0.3, -0.25) is 4.79 Å². The molecule has 25 heavy (non-hydrogen) atoms. The minimum Gasteiger partial charge on any atom is -0.465 e. The van der Waals surface area contributed by atoms with Crippen molar-refractivity contribution in [2.75, 3.05) is 13.2 Å². The lowest BCUT2D eigenvalue weighted by Gasteiger charge is -2.15. The maximum atomic E-state index is 12.6. The number of ether oxygens (including phenoxy) is 2. The Balaban J connectivity index is 2.06. The lowest BCUT2D eigenvalue weighted by atomic mass is 9.96. The topological polar surface area (TPSA) is 52.6 Å². The second-order valence-corrected chi connectivity index (χ2v) is 6.38. The van der Waals surface area contributed by atoms with Crippen molar-refractivity contribution >= 4 is 18.0 Å². The third kappa shape index (κ3) is 5.18. The molecule has 0 bridgehead atoms. The first kappa shape index (κ1) is 19.2. The molecule has 0 saturated carbocycles. The van der Waals surface area contributed by atoms with Crippen LogP contribution in [0.15, 0.2) is 29.8 Å². The lowest BCUT2D eigenvalue weighted by molar-refractivity contribution is -0.147. The molecule has 1 aromatic rings. The normalized spacial score (nSPS) is 15.4. The average Bonchev–Trinajstić information content (AvgIpc) is 3.02. The van der Waals surface area contributed by atoms with Crippen molar-refractivity contribution in [3.8, 4) is 0 Å². The molecular weight excluding hydrogens is 316 g/mol. The molecule has 1 aromatic carbocycles. The van der Waals surface area contributed by atoms with Crippen LogP contribution in [0.1, 0.15) is 69.4 Å². The van der Waals surface area contributed by atoms with Gasteiger partial charge in [-0.05, 0) is 30.0 Å². The summed E-state index contributed by atoms with van der Waals surface area (Å²) in [6.45, 7) is 4.98. The zero-order valence-corrected chi connectivity index (χ0v) is 15.3. The van der Waals surface area contributed by atoms with E-state index in [1.165, 1.54) is 0 Å². The summed E-state index contributed by atoms with van der Waals surface area (Å²) in [4.78, 5) is 25.1. The van der Waals surface area contributed by atoms with Gasteiger partial charge >= 0.3 is 11.9 Å². The number of hydrogen-bond donors (Lipinski definition) is 0. The molecule has 1 unspecified atom stereocenters. The van der Waals surface area contributed by atoms with Gasteiger partial charge in [0.25, 0.3) is 0 Å². The first-order valence-electron chi connectivity index (χ1n) is 9.33. The van der Waals surface area contributed by atoms with Crippen LogP contribution in [-0.4, -0.2) is 25.2 Å². The van der Waals surface area contributed by atoms with Crippen LogP contribution < -0.4 is 0 Å². The lowest BCUT2D eigenvalue weighted by Crippen LogP contribution is -2.22. The van der Waals surface area contributed by atoms with Gasteiger partial charge < -0.3 is 9.47 Å². The summed E-state index contributed by atoms with van der Waals surface area (Å²) in [6, 6.07) is 7.55. The molecule has 0 fully saturated rings. The number of fused-ring (bicyclic) bond motifs is 1. The SMILES string of the molecule is CCCCCOC(=O)C1=Cc2ccccc2C1C(=O)OCCCCC. The highest BCUT2D eigenvalue weighted by molar-refractivity contribution is 6.05. The summed E-state index contributed by atoms with van der Waals surface area (Å²) in [6.07, 6.45) is 7.63. The van der Waals surface area contributed by atoms with Gasteiger partial charge in [0.2, 0.25) is 0 Å². The average molecular weight is 344 g/mol. The predicted molar refractivity (Wildman–Crippen MR) is 98.1 cm³/mol. The van der Waals surface area contributed by atoms with Gasteiger partial charge in [0.15, 0.2) is 0 Å². The van der Waals surface area contributed by atoms with Crippen LogP contribution in [0.4, 0.5) is 0 Å². The first-order valence-corrected chi connectivity index (χ1v) is 9.33. The summed E-state index contributed by atoms with van der Waals surface area (Å²) < 4.78 is 10.8. The Kier molecular flexibility index (Phi) is 7.71. The van der Waals surface area contributed by atoms with Gasteiger partial charge in [0.1, 0.15) is 5.92 Å². The Bertz CT molecular complexity index is 618. The zero-order valence-electron chi connectivity index (χ0n) is 15.3. The van der Waals surface area contributed by atoms with Crippen LogP contribution in [0, 0.1) is 0 Å². The van der Waals surface area contributed by atoms with E-state index >= 15 is 0 Å². The summed E-state index contributed by atoms with van der Waals surface area (Å²) in [7, 11) is 0. The number of rotatable bonds is 10. The molecule has 4 heteroatoms. The minimum absolute atomic E-state index is 0.363. The molecule has 0 N–H and O–H groups in total. The van der Waals surface area contributed by atoms with Crippen molar-refractivity contribution in [2.24, 2.45) is 0 Å². The van der Waals surface area contributed by atoms with E-state index in [2.05, 4.69) is 13.8 Å². The number of carbonyl (C=O) groups is 2. The smallest absolute Gasteiger partial charge is 0.335 e. The summed E-state index contributed by atoms with van der Waals surface area (Å²) in [5.74, 6) is -1.45. The van der Waals surface area contributed by atoms with Gasteiger partial charge in [0.05, 0.1) is 18.8 Å². The van der Waals surface area contributed by atoms with E-state index in [9.17, 15) is 9.59 Å². The van der Waals surface area contributed by atoms with Crippen molar-refractivity contribution < 1.29 is 19.1 Å².